The van der Waals surface area contributed by atoms with Gasteiger partial charge in [0.15, 0.2) is 0 Å². The Balaban J connectivity index is 2.46. The monoisotopic (exact) mass is 184 g/mol. The van der Waals surface area contributed by atoms with Gasteiger partial charge in [0.2, 0.25) is 0 Å². The van der Waals surface area contributed by atoms with Crippen molar-refractivity contribution in [3.63, 3.8) is 0 Å². The van der Waals surface area contributed by atoms with Crippen LogP contribution in [0.25, 0.3) is 17.0 Å². The van der Waals surface area contributed by atoms with Gasteiger partial charge >= 0.3 is 0 Å². The van der Waals surface area contributed by atoms with Crippen LogP contribution in [0.15, 0.2) is 42.6 Å². The minimum atomic E-state index is 0.562. The highest BCUT2D eigenvalue weighted by molar-refractivity contribution is 5.80. The van der Waals surface area contributed by atoms with Crippen molar-refractivity contribution < 1.29 is 0 Å². The van der Waals surface area contributed by atoms with Crippen molar-refractivity contribution in [3.05, 3.63) is 48.2 Å². The number of para-hydroxylation sites is 1. The molecule has 0 aliphatic heterocycles. The minimum absolute atomic E-state index is 0.562. The van der Waals surface area contributed by atoms with Crippen LogP contribution in [0.4, 0.5) is 0 Å². The summed E-state index contributed by atoms with van der Waals surface area (Å²) in [4.78, 5) is 4.34. The number of aromatic nitrogens is 1. The van der Waals surface area contributed by atoms with Gasteiger partial charge in [-0.3, -0.25) is 4.98 Å². The van der Waals surface area contributed by atoms with E-state index in [1.54, 1.807) is 0 Å². The molecule has 1 heterocycles. The Labute approximate surface area is 83.1 Å². The summed E-state index contributed by atoms with van der Waals surface area (Å²) in [6, 6.07) is 10.2. The van der Waals surface area contributed by atoms with Crippen molar-refractivity contribution in [2.75, 3.05) is 6.54 Å². The van der Waals surface area contributed by atoms with Crippen molar-refractivity contribution in [1.82, 2.24) is 4.98 Å². The maximum atomic E-state index is 5.38. The molecule has 2 rings (SSSR count). The zero-order chi connectivity index (χ0) is 9.80. The Bertz CT molecular complexity index is 461. The quantitative estimate of drug-likeness (QED) is 0.777. The average molecular weight is 184 g/mol. The lowest BCUT2D eigenvalue weighted by Gasteiger charge is -1.97. The number of nitrogens with two attached hydrogens (primary N) is 1. The number of rotatable bonds is 2. The van der Waals surface area contributed by atoms with Gasteiger partial charge in [0.1, 0.15) is 0 Å². The number of nitrogens with zero attached hydrogens (tertiary/aromatic N) is 1. The number of benzene rings is 1. The van der Waals surface area contributed by atoms with Gasteiger partial charge < -0.3 is 5.73 Å². The first-order valence-corrected chi connectivity index (χ1v) is 4.61. The number of hydrogen-bond donors (Lipinski definition) is 1. The fourth-order valence-electron chi connectivity index (χ4n) is 1.38. The second kappa shape index (κ2) is 4.03. The Morgan fingerprint density at radius 2 is 2.14 bits per heavy atom. The number of fused-ring (bicyclic) bond motifs is 1. The molecule has 2 N–H and O–H groups in total. The number of hydrogen-bond acceptors (Lipinski definition) is 2. The molecule has 2 nitrogen and oxygen atoms in total. The van der Waals surface area contributed by atoms with Crippen LogP contribution in [-0.4, -0.2) is 11.5 Å². The smallest absolute Gasteiger partial charge is 0.0702 e. The van der Waals surface area contributed by atoms with E-state index < -0.39 is 0 Å². The molecule has 14 heavy (non-hydrogen) atoms. The number of pyridine rings is 1. The van der Waals surface area contributed by atoms with Crippen LogP contribution in [0.3, 0.4) is 0 Å². The summed E-state index contributed by atoms with van der Waals surface area (Å²) in [5, 5.41) is 1.16. The zero-order valence-corrected chi connectivity index (χ0v) is 7.85. The average Bonchev–Trinajstić information content (AvgIpc) is 2.26. The predicted molar refractivity (Wildman–Crippen MR) is 59.8 cm³/mol. The van der Waals surface area contributed by atoms with Crippen LogP contribution >= 0.6 is 0 Å². The van der Waals surface area contributed by atoms with Crippen LogP contribution in [0.5, 0.6) is 0 Å². The van der Waals surface area contributed by atoms with E-state index in [0.29, 0.717) is 6.54 Å². The molecular formula is C12H12N2. The Morgan fingerprint density at radius 3 is 3.00 bits per heavy atom. The summed E-state index contributed by atoms with van der Waals surface area (Å²) in [5.74, 6) is 0. The summed E-state index contributed by atoms with van der Waals surface area (Å²) < 4.78 is 0. The van der Waals surface area contributed by atoms with Gasteiger partial charge in [-0.2, -0.15) is 0 Å². The third kappa shape index (κ3) is 1.80. The first kappa shape index (κ1) is 8.91. The molecule has 0 amide bonds. The molecule has 1 aromatic carbocycles. The fourth-order valence-corrected chi connectivity index (χ4v) is 1.38. The van der Waals surface area contributed by atoms with Crippen LogP contribution in [0.2, 0.25) is 0 Å². The lowest BCUT2D eigenvalue weighted by Crippen LogP contribution is -1.92. The maximum absolute atomic E-state index is 5.38. The van der Waals surface area contributed by atoms with Crippen molar-refractivity contribution in [2.24, 2.45) is 5.73 Å². The third-order valence-corrected chi connectivity index (χ3v) is 2.06. The summed E-state index contributed by atoms with van der Waals surface area (Å²) >= 11 is 0. The summed E-state index contributed by atoms with van der Waals surface area (Å²) in [6.45, 7) is 0.562. The van der Waals surface area contributed by atoms with Crippen molar-refractivity contribution in [3.8, 4) is 0 Å². The Kier molecular flexibility index (Phi) is 2.56. The van der Waals surface area contributed by atoms with E-state index in [9.17, 15) is 0 Å². The maximum Gasteiger partial charge on any atom is 0.0702 e. The van der Waals surface area contributed by atoms with Gasteiger partial charge in [0.25, 0.3) is 0 Å². The lowest BCUT2D eigenvalue weighted by atomic mass is 10.1. The largest absolute Gasteiger partial charge is 0.327 e. The molecule has 2 heteroatoms. The van der Waals surface area contributed by atoms with Crippen LogP contribution in [-0.2, 0) is 0 Å². The molecule has 0 saturated carbocycles. The van der Waals surface area contributed by atoms with E-state index in [2.05, 4.69) is 17.1 Å². The second-order valence-electron chi connectivity index (χ2n) is 3.10. The first-order chi connectivity index (χ1) is 6.90. The second-order valence-corrected chi connectivity index (χ2v) is 3.10. The predicted octanol–water partition coefficient (Wildman–Crippen LogP) is 2.21. The SMILES string of the molecule is NC/C=C/c1cnc2ccccc2c1. The molecule has 0 spiro atoms. The highest BCUT2D eigenvalue weighted by Gasteiger charge is 1.93. The molecule has 1 aromatic heterocycles. The van der Waals surface area contributed by atoms with Gasteiger partial charge in [-0.05, 0) is 17.7 Å². The topological polar surface area (TPSA) is 38.9 Å². The summed E-state index contributed by atoms with van der Waals surface area (Å²) in [7, 11) is 0. The summed E-state index contributed by atoms with van der Waals surface area (Å²) in [5.41, 5.74) is 7.50. The highest BCUT2D eigenvalue weighted by Crippen LogP contribution is 2.13. The van der Waals surface area contributed by atoms with Crippen LogP contribution < -0.4 is 5.73 Å². The molecule has 0 atom stereocenters. The molecule has 0 radical (unpaired) electrons. The van der Waals surface area contributed by atoms with Crippen LogP contribution in [0, 0.1) is 0 Å². The van der Waals surface area contributed by atoms with E-state index in [4.69, 9.17) is 5.73 Å². The molecule has 2 aromatic rings. The van der Waals surface area contributed by atoms with E-state index in [-0.39, 0.29) is 0 Å². The molecule has 0 saturated heterocycles. The normalized spacial score (nSPS) is 11.2. The van der Waals surface area contributed by atoms with Gasteiger partial charge in [0.05, 0.1) is 5.52 Å². The minimum Gasteiger partial charge on any atom is -0.327 e. The molecule has 0 fully saturated rings. The highest BCUT2D eigenvalue weighted by atomic mass is 14.6. The first-order valence-electron chi connectivity index (χ1n) is 4.61. The van der Waals surface area contributed by atoms with Crippen molar-refractivity contribution >= 4 is 17.0 Å². The van der Waals surface area contributed by atoms with Crippen LogP contribution in [0.1, 0.15) is 5.56 Å². The van der Waals surface area contributed by atoms with Crippen molar-refractivity contribution in [1.29, 1.82) is 0 Å². The van der Waals surface area contributed by atoms with E-state index in [1.807, 2.05) is 36.5 Å². The summed E-state index contributed by atoms with van der Waals surface area (Å²) in [6.07, 6.45) is 5.76. The van der Waals surface area contributed by atoms with Gasteiger partial charge in [0, 0.05) is 18.1 Å². The van der Waals surface area contributed by atoms with Gasteiger partial charge in [-0.15, -0.1) is 0 Å². The standard InChI is InChI=1S/C12H12N2/c13-7-3-4-10-8-11-5-1-2-6-12(11)14-9-10/h1-6,8-9H,7,13H2/b4-3+. The molecular weight excluding hydrogens is 172 g/mol. The lowest BCUT2D eigenvalue weighted by molar-refractivity contribution is 1.26. The molecule has 0 unspecified atom stereocenters. The van der Waals surface area contributed by atoms with Gasteiger partial charge in [-0.1, -0.05) is 30.4 Å². The van der Waals surface area contributed by atoms with E-state index in [1.165, 1.54) is 0 Å². The van der Waals surface area contributed by atoms with E-state index >= 15 is 0 Å². The third-order valence-electron chi connectivity index (χ3n) is 2.06. The molecule has 0 bridgehead atoms. The van der Waals surface area contributed by atoms with Crippen molar-refractivity contribution in [2.45, 2.75) is 0 Å². The van der Waals surface area contributed by atoms with E-state index in [0.717, 1.165) is 16.5 Å². The molecule has 0 aliphatic rings. The Hall–Kier alpha value is -1.67. The van der Waals surface area contributed by atoms with Gasteiger partial charge in [-0.25, -0.2) is 0 Å². The molecule has 70 valence electrons. The Morgan fingerprint density at radius 1 is 1.29 bits per heavy atom. The molecule has 0 aliphatic carbocycles. The fraction of sp³-hybridized carbons (Fsp3) is 0.0833. The zero-order valence-electron chi connectivity index (χ0n) is 7.85.